The molecule has 0 radical (unpaired) electrons. The van der Waals surface area contributed by atoms with Gasteiger partial charge in [0.25, 0.3) is 0 Å². The Morgan fingerprint density at radius 1 is 0.826 bits per heavy atom. The van der Waals surface area contributed by atoms with E-state index in [1.54, 1.807) is 6.07 Å². The van der Waals surface area contributed by atoms with Gasteiger partial charge in [-0.3, -0.25) is 0 Å². The van der Waals surface area contributed by atoms with Crippen LogP contribution in [0.3, 0.4) is 0 Å². The molecule has 2 aromatic carbocycles. The highest BCUT2D eigenvalue weighted by molar-refractivity contribution is 7.80. The highest BCUT2D eigenvalue weighted by atomic mass is 32.1. The Kier molecular flexibility index (Phi) is 7.54. The second-order valence-electron chi connectivity index (χ2n) is 6.19. The molecule has 2 heteroatoms. The maximum atomic E-state index is 10.3. The molecule has 0 aliphatic carbocycles. The molecule has 0 amide bonds. The van der Waals surface area contributed by atoms with E-state index in [1.807, 2.05) is 24.3 Å². The van der Waals surface area contributed by atoms with Gasteiger partial charge in [-0.2, -0.15) is 0 Å². The van der Waals surface area contributed by atoms with Gasteiger partial charge in [0, 0.05) is 10.5 Å². The summed E-state index contributed by atoms with van der Waals surface area (Å²) in [7, 11) is 0. The molecule has 1 nitrogen and oxygen atoms in total. The molecule has 2 aromatic rings. The first-order chi connectivity index (χ1) is 11.2. The van der Waals surface area contributed by atoms with Crippen molar-refractivity contribution in [2.24, 2.45) is 0 Å². The van der Waals surface area contributed by atoms with E-state index in [-0.39, 0.29) is 0 Å². The summed E-state index contributed by atoms with van der Waals surface area (Å²) < 4.78 is 0. The highest BCUT2D eigenvalue weighted by Crippen LogP contribution is 2.36. The van der Waals surface area contributed by atoms with Crippen LogP contribution in [0.1, 0.15) is 57.4 Å². The van der Waals surface area contributed by atoms with E-state index in [4.69, 9.17) is 0 Å². The molecule has 0 bridgehead atoms. The number of unbranched alkanes of at least 4 members (excludes halogenated alkanes) is 6. The first-order valence-electron chi connectivity index (χ1n) is 8.83. The van der Waals surface area contributed by atoms with Crippen molar-refractivity contribution in [3.63, 3.8) is 0 Å². The monoisotopic (exact) mass is 328 g/mol. The van der Waals surface area contributed by atoms with E-state index < -0.39 is 0 Å². The minimum absolute atomic E-state index is 0.354. The number of benzene rings is 2. The fourth-order valence-electron chi connectivity index (χ4n) is 3.06. The van der Waals surface area contributed by atoms with Crippen LogP contribution in [0.25, 0.3) is 11.1 Å². The number of thiol groups is 1. The number of rotatable bonds is 9. The Hall–Kier alpha value is -1.41. The fraction of sp³-hybridized carbons (Fsp3) is 0.429. The Morgan fingerprint density at radius 3 is 2.17 bits per heavy atom. The van der Waals surface area contributed by atoms with Gasteiger partial charge in [0.05, 0.1) is 0 Å². The number of phenolic OH excluding ortho intramolecular Hbond substituents is 1. The lowest BCUT2D eigenvalue weighted by Crippen LogP contribution is -1.94. The lowest BCUT2D eigenvalue weighted by atomic mass is 9.94. The van der Waals surface area contributed by atoms with Crippen LogP contribution < -0.4 is 0 Å². The van der Waals surface area contributed by atoms with Crippen LogP contribution in [-0.4, -0.2) is 5.11 Å². The van der Waals surface area contributed by atoms with Gasteiger partial charge in [-0.05, 0) is 36.1 Å². The van der Waals surface area contributed by atoms with E-state index in [1.165, 1.54) is 44.1 Å². The van der Waals surface area contributed by atoms with Gasteiger partial charge in [-0.25, -0.2) is 0 Å². The van der Waals surface area contributed by atoms with Crippen molar-refractivity contribution in [2.45, 2.75) is 63.2 Å². The van der Waals surface area contributed by atoms with Gasteiger partial charge in [-0.1, -0.05) is 75.8 Å². The summed E-state index contributed by atoms with van der Waals surface area (Å²) in [4.78, 5) is 0.979. The lowest BCUT2D eigenvalue weighted by Gasteiger charge is -2.14. The van der Waals surface area contributed by atoms with Gasteiger partial charge in [-0.15, -0.1) is 12.6 Å². The molecule has 0 aromatic heterocycles. The Morgan fingerprint density at radius 2 is 1.48 bits per heavy atom. The third-order valence-corrected chi connectivity index (χ3v) is 4.78. The third-order valence-electron chi connectivity index (χ3n) is 4.36. The zero-order valence-corrected chi connectivity index (χ0v) is 15.0. The average molecular weight is 329 g/mol. The Bertz CT molecular complexity index is 592. The molecular formula is C21H28OS. The average Bonchev–Trinajstić information content (AvgIpc) is 2.57. The number of aromatic hydroxyl groups is 1. The minimum atomic E-state index is 0.354. The zero-order valence-electron chi connectivity index (χ0n) is 14.1. The van der Waals surface area contributed by atoms with Crippen LogP contribution in [0.15, 0.2) is 47.4 Å². The SMILES string of the molecule is CCCCCCCCCc1c(S)ccc(O)c1-c1ccccc1. The summed E-state index contributed by atoms with van der Waals surface area (Å²) in [6, 6.07) is 13.8. The van der Waals surface area contributed by atoms with Crippen LogP contribution in [0.4, 0.5) is 0 Å². The summed E-state index contributed by atoms with van der Waals surface area (Å²) in [5.41, 5.74) is 3.19. The maximum absolute atomic E-state index is 10.3. The molecule has 0 aliphatic heterocycles. The van der Waals surface area contributed by atoms with Crippen LogP contribution in [0, 0.1) is 0 Å². The molecule has 23 heavy (non-hydrogen) atoms. The maximum Gasteiger partial charge on any atom is 0.123 e. The van der Waals surface area contributed by atoms with Crippen molar-refractivity contribution >= 4 is 12.6 Å². The van der Waals surface area contributed by atoms with Crippen LogP contribution in [-0.2, 0) is 6.42 Å². The molecule has 0 saturated heterocycles. The Balaban J connectivity index is 2.02. The molecule has 0 fully saturated rings. The van der Waals surface area contributed by atoms with E-state index >= 15 is 0 Å². The molecule has 2 rings (SSSR count). The number of hydrogen-bond donors (Lipinski definition) is 2. The van der Waals surface area contributed by atoms with E-state index in [2.05, 4.69) is 31.7 Å². The molecule has 0 unspecified atom stereocenters. The molecular weight excluding hydrogens is 300 g/mol. The summed E-state index contributed by atoms with van der Waals surface area (Å²) in [5.74, 6) is 0.354. The zero-order chi connectivity index (χ0) is 16.5. The predicted molar refractivity (Wildman–Crippen MR) is 102 cm³/mol. The van der Waals surface area contributed by atoms with Crippen molar-refractivity contribution in [3.05, 3.63) is 48.0 Å². The molecule has 1 N–H and O–H groups in total. The first-order valence-corrected chi connectivity index (χ1v) is 9.28. The smallest absolute Gasteiger partial charge is 0.123 e. The lowest BCUT2D eigenvalue weighted by molar-refractivity contribution is 0.475. The summed E-state index contributed by atoms with van der Waals surface area (Å²) in [6.07, 6.45) is 10.0. The summed E-state index contributed by atoms with van der Waals surface area (Å²) >= 11 is 4.63. The van der Waals surface area contributed by atoms with Gasteiger partial charge in [0.2, 0.25) is 0 Å². The first kappa shape index (κ1) is 17.9. The quantitative estimate of drug-likeness (QED) is 0.390. The van der Waals surface area contributed by atoms with Crippen LogP contribution in [0.2, 0.25) is 0 Å². The van der Waals surface area contributed by atoms with E-state index in [0.29, 0.717) is 5.75 Å². The topological polar surface area (TPSA) is 20.2 Å². The van der Waals surface area contributed by atoms with E-state index in [9.17, 15) is 5.11 Å². The predicted octanol–water partition coefficient (Wildman–Crippen LogP) is 6.64. The summed E-state index contributed by atoms with van der Waals surface area (Å²) in [6.45, 7) is 2.25. The molecule has 124 valence electrons. The Labute approximate surface area is 146 Å². The molecule has 0 atom stereocenters. The van der Waals surface area contributed by atoms with Gasteiger partial charge >= 0.3 is 0 Å². The van der Waals surface area contributed by atoms with Gasteiger partial charge in [0.1, 0.15) is 5.75 Å². The second kappa shape index (κ2) is 9.67. The summed E-state index contributed by atoms with van der Waals surface area (Å²) in [5, 5.41) is 10.3. The standard InChI is InChI=1S/C21H28OS/c1-2-3-4-5-6-7-11-14-18-20(23)16-15-19(22)21(18)17-12-9-8-10-13-17/h8-10,12-13,15-16,22-23H,2-7,11,14H2,1H3. The number of phenols is 1. The van der Waals surface area contributed by atoms with Crippen molar-refractivity contribution in [1.29, 1.82) is 0 Å². The molecule has 0 aliphatic rings. The van der Waals surface area contributed by atoms with Gasteiger partial charge in [0.15, 0.2) is 0 Å². The number of hydrogen-bond acceptors (Lipinski definition) is 2. The van der Waals surface area contributed by atoms with E-state index in [0.717, 1.165) is 28.9 Å². The molecule has 0 heterocycles. The van der Waals surface area contributed by atoms with Crippen molar-refractivity contribution in [3.8, 4) is 16.9 Å². The highest BCUT2D eigenvalue weighted by Gasteiger charge is 2.13. The van der Waals surface area contributed by atoms with Gasteiger partial charge < -0.3 is 5.11 Å². The molecule has 0 saturated carbocycles. The van der Waals surface area contributed by atoms with Crippen molar-refractivity contribution in [1.82, 2.24) is 0 Å². The minimum Gasteiger partial charge on any atom is -0.507 e. The second-order valence-corrected chi connectivity index (χ2v) is 6.68. The van der Waals surface area contributed by atoms with Crippen molar-refractivity contribution in [2.75, 3.05) is 0 Å². The molecule has 0 spiro atoms. The normalized spacial score (nSPS) is 10.9. The van der Waals surface area contributed by atoms with Crippen LogP contribution >= 0.6 is 12.6 Å². The largest absolute Gasteiger partial charge is 0.507 e. The van der Waals surface area contributed by atoms with Crippen LogP contribution in [0.5, 0.6) is 5.75 Å². The van der Waals surface area contributed by atoms with Crippen molar-refractivity contribution < 1.29 is 5.11 Å². The fourth-order valence-corrected chi connectivity index (χ4v) is 3.36. The third kappa shape index (κ3) is 5.31.